The molecule has 48 heavy (non-hydrogen) atoms. The van der Waals surface area contributed by atoms with Gasteiger partial charge in [-0.15, -0.1) is 0 Å². The van der Waals surface area contributed by atoms with Crippen LogP contribution in [0, 0.1) is 0 Å². The van der Waals surface area contributed by atoms with Crippen molar-refractivity contribution in [2.24, 2.45) is 7.05 Å². The average Bonchev–Trinajstić information content (AvgIpc) is 3.33. The third kappa shape index (κ3) is 6.73. The zero-order chi connectivity index (χ0) is 34.2. The number of nitrogens with one attached hydrogen (secondary N) is 1. The van der Waals surface area contributed by atoms with Crippen molar-refractivity contribution in [3.63, 3.8) is 0 Å². The number of amides is 1. The Morgan fingerprint density at radius 3 is 2.56 bits per heavy atom. The van der Waals surface area contributed by atoms with E-state index in [1.165, 1.54) is 23.8 Å². The first kappa shape index (κ1) is 33.7. The summed E-state index contributed by atoms with van der Waals surface area (Å²) >= 11 is 14.2. The van der Waals surface area contributed by atoms with Crippen LogP contribution in [0.5, 0.6) is 5.88 Å². The molecule has 0 saturated heterocycles. The van der Waals surface area contributed by atoms with Crippen LogP contribution in [0.4, 0.5) is 4.79 Å². The summed E-state index contributed by atoms with van der Waals surface area (Å²) in [5.74, 6) is 0.334. The van der Waals surface area contributed by atoms with Gasteiger partial charge in [-0.1, -0.05) is 53.5 Å². The maximum absolute atomic E-state index is 12.2. The van der Waals surface area contributed by atoms with Crippen LogP contribution in [-0.4, -0.2) is 63.0 Å². The van der Waals surface area contributed by atoms with Crippen LogP contribution in [0.2, 0.25) is 10.0 Å². The Labute approximate surface area is 290 Å². The molecule has 6 rings (SSSR count). The maximum atomic E-state index is 12.2. The summed E-state index contributed by atoms with van der Waals surface area (Å²) in [5.41, 5.74) is 8.34. The number of ether oxygens (including phenoxy) is 2. The van der Waals surface area contributed by atoms with Gasteiger partial charge in [-0.3, -0.25) is 9.88 Å². The van der Waals surface area contributed by atoms with E-state index in [1.54, 1.807) is 6.20 Å². The molecule has 0 fully saturated rings. The number of pyridine rings is 2. The topological polar surface area (TPSA) is 102 Å². The number of carbonyl (C=O) groups excluding carboxylic acids is 1. The van der Waals surface area contributed by atoms with E-state index in [0.29, 0.717) is 45.0 Å². The number of aryl methyl sites for hydroxylation is 1. The molecule has 2 N–H and O–H groups in total. The molecule has 2 aromatic carbocycles. The minimum atomic E-state index is -0.522. The second kappa shape index (κ2) is 13.8. The highest BCUT2D eigenvalue weighted by Crippen LogP contribution is 2.42. The minimum Gasteiger partial charge on any atom is -0.481 e. The van der Waals surface area contributed by atoms with Crippen molar-refractivity contribution in [1.29, 1.82) is 0 Å². The first-order chi connectivity index (χ1) is 23.0. The predicted molar refractivity (Wildman–Crippen MR) is 191 cm³/mol. The Bertz CT molecular complexity index is 2000. The van der Waals surface area contributed by atoms with Gasteiger partial charge in [-0.25, -0.2) is 9.78 Å². The molecule has 3 aromatic heterocycles. The van der Waals surface area contributed by atoms with Gasteiger partial charge in [0, 0.05) is 83.7 Å². The number of hydrogen-bond acceptors (Lipinski definition) is 7. The van der Waals surface area contributed by atoms with Crippen LogP contribution in [-0.2, 0) is 31.4 Å². The number of alkyl carbamates (subject to hydrolysis) is 1. The lowest BCUT2D eigenvalue weighted by molar-refractivity contribution is 0.130. The van der Waals surface area contributed by atoms with Crippen LogP contribution in [0.3, 0.4) is 0 Å². The molecule has 0 unspecified atom stereocenters. The van der Waals surface area contributed by atoms with Crippen molar-refractivity contribution in [2.45, 2.75) is 45.9 Å². The standard InChI is InChI=1S/C37H39Cl2N5O4/c1-37(2,3)42-36(46)48-21-23-10-12-29(41-35(23)47-5)27-8-6-7-25(32(27)38)26-13-15-40-34(33(26)39)22-9-11-24-28-20-44(17-18-45)16-14-30(28)43(4)31(24)19-22/h6-13,15,19,45H,14,16-18,20-21H2,1-5H3,(H,42,46). The normalized spacial score (nSPS) is 13.4. The van der Waals surface area contributed by atoms with E-state index in [4.69, 9.17) is 42.6 Å². The number of aliphatic hydroxyl groups excluding tert-OH is 1. The monoisotopic (exact) mass is 687 g/mol. The molecular weight excluding hydrogens is 649 g/mol. The summed E-state index contributed by atoms with van der Waals surface area (Å²) in [7, 11) is 3.63. The number of aromatic nitrogens is 3. The first-order valence-electron chi connectivity index (χ1n) is 15.9. The van der Waals surface area contributed by atoms with Crippen molar-refractivity contribution < 1.29 is 19.4 Å². The number of carbonyl (C=O) groups is 1. The summed E-state index contributed by atoms with van der Waals surface area (Å²) in [4.78, 5) is 23.9. The largest absolute Gasteiger partial charge is 0.481 e. The van der Waals surface area contributed by atoms with Gasteiger partial charge in [0.1, 0.15) is 6.61 Å². The lowest BCUT2D eigenvalue weighted by Crippen LogP contribution is -2.40. The molecule has 1 amide bonds. The molecule has 1 aliphatic heterocycles. The fraction of sp³-hybridized carbons (Fsp3) is 0.324. The summed E-state index contributed by atoms with van der Waals surface area (Å²) in [6.07, 6.45) is 2.16. The molecule has 0 radical (unpaired) electrons. The maximum Gasteiger partial charge on any atom is 0.407 e. The molecule has 11 heteroatoms. The molecule has 1 aliphatic rings. The van der Waals surface area contributed by atoms with E-state index < -0.39 is 11.6 Å². The Kier molecular flexibility index (Phi) is 9.67. The lowest BCUT2D eigenvalue weighted by atomic mass is 9.99. The summed E-state index contributed by atoms with van der Waals surface area (Å²) in [6, 6.07) is 17.6. The molecule has 0 atom stereocenters. The number of hydrogen-bond donors (Lipinski definition) is 2. The first-order valence-corrected chi connectivity index (χ1v) is 16.6. The zero-order valence-corrected chi connectivity index (χ0v) is 29.2. The van der Waals surface area contributed by atoms with Crippen molar-refractivity contribution in [1.82, 2.24) is 24.8 Å². The molecule has 250 valence electrons. The second-order valence-corrected chi connectivity index (χ2v) is 13.7. The number of methoxy groups -OCH3 is 1. The number of benzene rings is 2. The van der Waals surface area contributed by atoms with Crippen molar-refractivity contribution >= 4 is 40.2 Å². The number of β-amino-alcohol motifs (C(OH)–C–C–N with tert-alkyl or cyclic N) is 1. The van der Waals surface area contributed by atoms with Gasteiger partial charge in [0.15, 0.2) is 0 Å². The Hall–Kier alpha value is -4.15. The molecule has 5 aromatic rings. The van der Waals surface area contributed by atoms with E-state index >= 15 is 0 Å². The van der Waals surface area contributed by atoms with E-state index in [-0.39, 0.29) is 13.2 Å². The Balaban J connectivity index is 1.31. The van der Waals surface area contributed by atoms with Gasteiger partial charge >= 0.3 is 6.09 Å². The predicted octanol–water partition coefficient (Wildman–Crippen LogP) is 7.66. The lowest BCUT2D eigenvalue weighted by Gasteiger charge is -2.26. The van der Waals surface area contributed by atoms with E-state index in [2.05, 4.69) is 40.0 Å². The van der Waals surface area contributed by atoms with Gasteiger partial charge in [-0.05, 0) is 50.6 Å². The molecule has 0 bridgehead atoms. The highest BCUT2D eigenvalue weighted by atomic mass is 35.5. The Morgan fingerprint density at radius 1 is 1.04 bits per heavy atom. The third-order valence-electron chi connectivity index (χ3n) is 8.60. The van der Waals surface area contributed by atoms with Crippen LogP contribution >= 0.6 is 23.2 Å². The highest BCUT2D eigenvalue weighted by Gasteiger charge is 2.24. The van der Waals surface area contributed by atoms with Crippen molar-refractivity contribution in [2.75, 3.05) is 26.8 Å². The molecule has 0 spiro atoms. The molecule has 9 nitrogen and oxygen atoms in total. The third-order valence-corrected chi connectivity index (χ3v) is 9.39. The average molecular weight is 689 g/mol. The second-order valence-electron chi connectivity index (χ2n) is 13.0. The van der Waals surface area contributed by atoms with Crippen LogP contribution < -0.4 is 10.1 Å². The molecule has 0 saturated carbocycles. The van der Waals surface area contributed by atoms with E-state index in [1.807, 2.05) is 57.2 Å². The number of aliphatic hydroxyl groups is 1. The van der Waals surface area contributed by atoms with Crippen LogP contribution in [0.15, 0.2) is 60.8 Å². The van der Waals surface area contributed by atoms with E-state index in [0.717, 1.165) is 41.7 Å². The highest BCUT2D eigenvalue weighted by molar-refractivity contribution is 6.39. The fourth-order valence-corrected chi connectivity index (χ4v) is 6.94. The van der Waals surface area contributed by atoms with Gasteiger partial charge < -0.3 is 24.5 Å². The van der Waals surface area contributed by atoms with Crippen molar-refractivity contribution in [3.05, 3.63) is 87.7 Å². The SMILES string of the molecule is COc1nc(-c2cccc(-c3ccnc(-c4ccc5c6c(n(C)c5c4)CCN(CCO)C6)c3Cl)c2Cl)ccc1COC(=O)NC(C)(C)C. The van der Waals surface area contributed by atoms with Gasteiger partial charge in [0.25, 0.3) is 0 Å². The minimum absolute atomic E-state index is 0.000863. The number of rotatable bonds is 8. The van der Waals surface area contributed by atoms with Crippen LogP contribution in [0.25, 0.3) is 44.5 Å². The van der Waals surface area contributed by atoms with E-state index in [9.17, 15) is 9.90 Å². The van der Waals surface area contributed by atoms with Gasteiger partial charge in [-0.2, -0.15) is 0 Å². The number of nitrogens with zero attached hydrogens (tertiary/aromatic N) is 4. The van der Waals surface area contributed by atoms with Gasteiger partial charge in [0.2, 0.25) is 5.88 Å². The summed E-state index contributed by atoms with van der Waals surface area (Å²) < 4.78 is 13.2. The molecule has 0 aliphatic carbocycles. The summed E-state index contributed by atoms with van der Waals surface area (Å²) in [5, 5.41) is 14.4. The zero-order valence-electron chi connectivity index (χ0n) is 27.7. The van der Waals surface area contributed by atoms with Crippen molar-refractivity contribution in [3.8, 4) is 39.5 Å². The smallest absolute Gasteiger partial charge is 0.407 e. The molecular formula is C37H39Cl2N5O4. The summed E-state index contributed by atoms with van der Waals surface area (Å²) in [6.45, 7) is 8.22. The fourth-order valence-electron chi connectivity index (χ4n) is 6.29. The number of fused-ring (bicyclic) bond motifs is 3. The quantitative estimate of drug-likeness (QED) is 0.173. The Morgan fingerprint density at radius 2 is 1.81 bits per heavy atom. The number of halogens is 2. The van der Waals surface area contributed by atoms with Crippen LogP contribution in [0.1, 0.15) is 37.6 Å². The van der Waals surface area contributed by atoms with Gasteiger partial charge in [0.05, 0.1) is 40.7 Å². The molecule has 4 heterocycles.